The molecule has 0 bridgehead atoms. The molecule has 0 radical (unpaired) electrons. The average Bonchev–Trinajstić information content (AvgIpc) is 2.33. The van der Waals surface area contributed by atoms with E-state index < -0.39 is 8.07 Å². The Bertz CT molecular complexity index is 239. The summed E-state index contributed by atoms with van der Waals surface area (Å²) in [6.45, 7) is 11.3. The van der Waals surface area contributed by atoms with Gasteiger partial charge in [0.1, 0.15) is 0 Å². The van der Waals surface area contributed by atoms with E-state index in [2.05, 4.69) is 38.7 Å². The molecule has 3 heteroatoms. The standard InChI is InChI=1S/C15H30O2Si/c1-5-14(18(2,3)4)10-6-8-12-16-15-11-7-9-13-17-15/h6,10,14-15H,5,7-9,11-13H2,1-4H3/b10-6+/t14-,15?/m0/s1. The molecule has 0 amide bonds. The summed E-state index contributed by atoms with van der Waals surface area (Å²) in [6, 6.07) is 0. The summed E-state index contributed by atoms with van der Waals surface area (Å²) in [5.41, 5.74) is 0.795. The van der Waals surface area contributed by atoms with E-state index in [-0.39, 0.29) is 6.29 Å². The minimum atomic E-state index is -1.03. The van der Waals surface area contributed by atoms with Crippen LogP contribution in [0.15, 0.2) is 12.2 Å². The van der Waals surface area contributed by atoms with Crippen molar-refractivity contribution in [3.63, 3.8) is 0 Å². The van der Waals surface area contributed by atoms with Gasteiger partial charge in [-0.2, -0.15) is 0 Å². The number of hydrogen-bond donors (Lipinski definition) is 0. The van der Waals surface area contributed by atoms with Gasteiger partial charge in [-0.25, -0.2) is 0 Å². The Kier molecular flexibility index (Phi) is 7.20. The van der Waals surface area contributed by atoms with E-state index in [1.165, 1.54) is 19.3 Å². The number of allylic oxidation sites excluding steroid dienone is 1. The van der Waals surface area contributed by atoms with Crippen LogP contribution in [0.4, 0.5) is 0 Å². The maximum absolute atomic E-state index is 5.72. The molecule has 18 heavy (non-hydrogen) atoms. The van der Waals surface area contributed by atoms with Crippen LogP contribution in [-0.2, 0) is 9.47 Å². The number of hydrogen-bond acceptors (Lipinski definition) is 2. The lowest BCUT2D eigenvalue weighted by Gasteiger charge is -2.25. The molecule has 0 saturated carbocycles. The molecule has 1 heterocycles. The molecule has 0 aromatic carbocycles. The van der Waals surface area contributed by atoms with Crippen LogP contribution in [0.1, 0.15) is 39.0 Å². The lowest BCUT2D eigenvalue weighted by atomic mass is 10.2. The van der Waals surface area contributed by atoms with E-state index in [4.69, 9.17) is 9.47 Å². The Hall–Kier alpha value is -0.123. The molecule has 1 rings (SSSR count). The van der Waals surface area contributed by atoms with Crippen LogP contribution < -0.4 is 0 Å². The van der Waals surface area contributed by atoms with Gasteiger partial charge in [-0.1, -0.05) is 45.1 Å². The summed E-state index contributed by atoms with van der Waals surface area (Å²) < 4.78 is 11.3. The van der Waals surface area contributed by atoms with Crippen molar-refractivity contribution in [1.29, 1.82) is 0 Å². The van der Waals surface area contributed by atoms with Crippen molar-refractivity contribution in [3.05, 3.63) is 12.2 Å². The lowest BCUT2D eigenvalue weighted by Crippen LogP contribution is -2.26. The Morgan fingerprint density at radius 3 is 2.67 bits per heavy atom. The monoisotopic (exact) mass is 270 g/mol. The SMILES string of the molecule is CC[C@@H](/C=C/CCOC1CCCCO1)[Si](C)(C)C. The van der Waals surface area contributed by atoms with Crippen molar-refractivity contribution in [2.75, 3.05) is 13.2 Å². The normalized spacial score (nSPS) is 23.4. The van der Waals surface area contributed by atoms with E-state index in [9.17, 15) is 0 Å². The fourth-order valence-corrected chi connectivity index (χ4v) is 4.35. The van der Waals surface area contributed by atoms with Gasteiger partial charge in [-0.15, -0.1) is 0 Å². The van der Waals surface area contributed by atoms with E-state index in [1.807, 2.05) is 0 Å². The van der Waals surface area contributed by atoms with Gasteiger partial charge in [0.15, 0.2) is 6.29 Å². The van der Waals surface area contributed by atoms with Crippen molar-refractivity contribution >= 4 is 8.07 Å². The van der Waals surface area contributed by atoms with Crippen LogP contribution in [0, 0.1) is 0 Å². The quantitative estimate of drug-likeness (QED) is 0.382. The van der Waals surface area contributed by atoms with Crippen LogP contribution in [0.3, 0.4) is 0 Å². The largest absolute Gasteiger partial charge is 0.353 e. The predicted octanol–water partition coefficient (Wildman–Crippen LogP) is 4.59. The molecule has 1 aliphatic heterocycles. The van der Waals surface area contributed by atoms with Gasteiger partial charge >= 0.3 is 0 Å². The molecule has 106 valence electrons. The van der Waals surface area contributed by atoms with Gasteiger partial charge in [0.25, 0.3) is 0 Å². The van der Waals surface area contributed by atoms with Crippen molar-refractivity contribution in [3.8, 4) is 0 Å². The topological polar surface area (TPSA) is 18.5 Å². The van der Waals surface area contributed by atoms with Gasteiger partial charge in [0.2, 0.25) is 0 Å². The van der Waals surface area contributed by atoms with Crippen molar-refractivity contribution in [1.82, 2.24) is 0 Å². The second-order valence-corrected chi connectivity index (χ2v) is 11.7. The molecule has 1 saturated heterocycles. The Morgan fingerprint density at radius 1 is 1.33 bits per heavy atom. The summed E-state index contributed by atoms with van der Waals surface area (Å²) >= 11 is 0. The average molecular weight is 270 g/mol. The first-order valence-corrected chi connectivity index (χ1v) is 11.0. The summed E-state index contributed by atoms with van der Waals surface area (Å²) in [4.78, 5) is 0. The van der Waals surface area contributed by atoms with Crippen molar-refractivity contribution < 1.29 is 9.47 Å². The van der Waals surface area contributed by atoms with Crippen LogP contribution in [0.2, 0.25) is 25.2 Å². The second-order valence-electron chi connectivity index (χ2n) is 6.26. The first-order chi connectivity index (χ1) is 8.54. The molecule has 0 aromatic heterocycles. The molecular weight excluding hydrogens is 240 g/mol. The van der Waals surface area contributed by atoms with Crippen LogP contribution in [0.5, 0.6) is 0 Å². The zero-order valence-corrected chi connectivity index (χ0v) is 13.6. The third-order valence-corrected chi connectivity index (χ3v) is 6.47. The zero-order valence-electron chi connectivity index (χ0n) is 12.6. The first kappa shape index (κ1) is 15.9. The third-order valence-electron chi connectivity index (χ3n) is 3.65. The maximum atomic E-state index is 5.72. The zero-order chi connectivity index (χ0) is 13.4. The van der Waals surface area contributed by atoms with E-state index in [1.54, 1.807) is 0 Å². The van der Waals surface area contributed by atoms with Gasteiger partial charge < -0.3 is 9.47 Å². The Labute approximate surface area is 114 Å². The molecular formula is C15H30O2Si. The van der Waals surface area contributed by atoms with Crippen molar-refractivity contribution in [2.24, 2.45) is 0 Å². The summed E-state index contributed by atoms with van der Waals surface area (Å²) in [5.74, 6) is 0. The lowest BCUT2D eigenvalue weighted by molar-refractivity contribution is -0.161. The molecule has 1 unspecified atom stereocenters. The molecule has 1 aliphatic rings. The van der Waals surface area contributed by atoms with Gasteiger partial charge in [-0.3, -0.25) is 0 Å². The van der Waals surface area contributed by atoms with Gasteiger partial charge in [0, 0.05) is 6.61 Å². The Morgan fingerprint density at radius 2 is 2.11 bits per heavy atom. The number of ether oxygens (including phenoxy) is 2. The number of rotatable bonds is 7. The fraction of sp³-hybridized carbons (Fsp3) is 0.867. The van der Waals surface area contributed by atoms with E-state index in [0.717, 1.165) is 31.6 Å². The van der Waals surface area contributed by atoms with Gasteiger partial charge in [0.05, 0.1) is 14.7 Å². The predicted molar refractivity (Wildman–Crippen MR) is 80.7 cm³/mol. The molecule has 2 atom stereocenters. The maximum Gasteiger partial charge on any atom is 0.157 e. The van der Waals surface area contributed by atoms with Gasteiger partial charge in [-0.05, 0) is 31.2 Å². The summed E-state index contributed by atoms with van der Waals surface area (Å²) in [5, 5.41) is 0. The van der Waals surface area contributed by atoms with E-state index >= 15 is 0 Å². The minimum absolute atomic E-state index is 0.0612. The highest BCUT2D eigenvalue weighted by Crippen LogP contribution is 2.26. The fourth-order valence-electron chi connectivity index (χ4n) is 2.41. The van der Waals surface area contributed by atoms with Crippen LogP contribution >= 0.6 is 0 Å². The van der Waals surface area contributed by atoms with E-state index in [0.29, 0.717) is 0 Å². The molecule has 1 fully saturated rings. The molecule has 0 aromatic rings. The van der Waals surface area contributed by atoms with Crippen LogP contribution in [0.25, 0.3) is 0 Å². The minimum Gasteiger partial charge on any atom is -0.353 e. The highest BCUT2D eigenvalue weighted by molar-refractivity contribution is 6.78. The molecule has 0 aliphatic carbocycles. The summed E-state index contributed by atoms with van der Waals surface area (Å²) in [6.07, 6.45) is 10.6. The molecule has 0 spiro atoms. The molecule has 2 nitrogen and oxygen atoms in total. The smallest absolute Gasteiger partial charge is 0.157 e. The molecule has 0 N–H and O–H groups in total. The third kappa shape index (κ3) is 6.16. The second kappa shape index (κ2) is 8.13. The summed E-state index contributed by atoms with van der Waals surface area (Å²) in [7, 11) is -1.03. The van der Waals surface area contributed by atoms with Crippen LogP contribution in [-0.4, -0.2) is 27.6 Å². The van der Waals surface area contributed by atoms with Crippen molar-refractivity contribution in [2.45, 2.75) is 70.5 Å². The Balaban J connectivity index is 2.15. The first-order valence-electron chi connectivity index (χ1n) is 7.44. The highest BCUT2D eigenvalue weighted by Gasteiger charge is 2.22. The highest BCUT2D eigenvalue weighted by atomic mass is 28.3.